The Kier molecular flexibility index (Phi) is 3.77. The van der Waals surface area contributed by atoms with Gasteiger partial charge in [0.2, 0.25) is 0 Å². The summed E-state index contributed by atoms with van der Waals surface area (Å²) in [5, 5.41) is 27.7. The van der Waals surface area contributed by atoms with Gasteiger partial charge in [0, 0.05) is 23.1 Å². The highest BCUT2D eigenvalue weighted by Crippen LogP contribution is 2.35. The van der Waals surface area contributed by atoms with Gasteiger partial charge in [-0.2, -0.15) is 10.4 Å². The van der Waals surface area contributed by atoms with Crippen LogP contribution < -0.4 is 4.74 Å². The summed E-state index contributed by atoms with van der Waals surface area (Å²) >= 11 is 0. The third-order valence-electron chi connectivity index (χ3n) is 4.37. The van der Waals surface area contributed by atoms with Crippen LogP contribution in [-0.4, -0.2) is 21.7 Å². The molecule has 0 unspecified atom stereocenters. The number of nitrogens with one attached hydrogen (secondary N) is 1. The van der Waals surface area contributed by atoms with Crippen molar-refractivity contribution in [1.29, 1.82) is 5.26 Å². The lowest BCUT2D eigenvalue weighted by atomic mass is 10.0. The third kappa shape index (κ3) is 2.84. The number of halogens is 1. The number of aromatic amines is 1. The van der Waals surface area contributed by atoms with E-state index in [1.54, 1.807) is 12.1 Å². The van der Waals surface area contributed by atoms with Crippen LogP contribution in [0.15, 0.2) is 30.3 Å². The summed E-state index contributed by atoms with van der Waals surface area (Å²) < 4.78 is 20.0. The van der Waals surface area contributed by atoms with Crippen LogP contribution in [0.25, 0.3) is 22.2 Å². The van der Waals surface area contributed by atoms with E-state index in [1.807, 2.05) is 0 Å². The maximum atomic E-state index is 14.3. The molecule has 0 bridgehead atoms. The van der Waals surface area contributed by atoms with Gasteiger partial charge in [0.25, 0.3) is 5.69 Å². The summed E-state index contributed by atoms with van der Waals surface area (Å²) in [7, 11) is 0. The first-order chi connectivity index (χ1) is 12.6. The largest absolute Gasteiger partial charge is 0.492 e. The highest BCUT2D eigenvalue weighted by atomic mass is 19.1. The number of ether oxygens (including phenoxy) is 1. The number of nitrogens with zero attached hydrogens (tertiary/aromatic N) is 3. The summed E-state index contributed by atoms with van der Waals surface area (Å²) in [6.07, 6.45) is 2.22. The molecule has 2 aromatic carbocycles. The van der Waals surface area contributed by atoms with E-state index in [0.29, 0.717) is 34.7 Å². The Morgan fingerprint density at radius 2 is 2.19 bits per heavy atom. The Labute approximate surface area is 147 Å². The van der Waals surface area contributed by atoms with Crippen molar-refractivity contribution >= 4 is 16.6 Å². The van der Waals surface area contributed by atoms with E-state index in [1.165, 1.54) is 0 Å². The number of nitriles is 1. The van der Waals surface area contributed by atoms with Crippen molar-refractivity contribution in [3.05, 3.63) is 51.8 Å². The van der Waals surface area contributed by atoms with E-state index in [0.717, 1.165) is 31.0 Å². The molecule has 1 aromatic heterocycles. The number of aromatic nitrogens is 2. The molecular formula is C18H13FN4O3. The van der Waals surface area contributed by atoms with Gasteiger partial charge in [0.1, 0.15) is 23.3 Å². The van der Waals surface area contributed by atoms with Crippen molar-refractivity contribution in [2.45, 2.75) is 12.8 Å². The smallest absolute Gasteiger partial charge is 0.270 e. The Hall–Kier alpha value is -3.47. The van der Waals surface area contributed by atoms with Crippen LogP contribution in [-0.2, 0) is 0 Å². The highest BCUT2D eigenvalue weighted by molar-refractivity contribution is 5.95. The Morgan fingerprint density at radius 3 is 2.88 bits per heavy atom. The SMILES string of the molecule is N#Cc1cc2[nH]nc(-c3cc([N+](=O)[O-])ccc3F)c2cc1OCC1CC1. The molecule has 130 valence electrons. The third-order valence-corrected chi connectivity index (χ3v) is 4.37. The van der Waals surface area contributed by atoms with Crippen LogP contribution in [0.3, 0.4) is 0 Å². The normalized spacial score (nSPS) is 13.5. The number of nitro benzene ring substituents is 1. The fourth-order valence-corrected chi connectivity index (χ4v) is 2.76. The zero-order valence-corrected chi connectivity index (χ0v) is 13.5. The fraction of sp³-hybridized carbons (Fsp3) is 0.222. The van der Waals surface area contributed by atoms with Crippen molar-refractivity contribution in [1.82, 2.24) is 10.2 Å². The van der Waals surface area contributed by atoms with Crippen LogP contribution in [0.1, 0.15) is 18.4 Å². The first-order valence-corrected chi connectivity index (χ1v) is 8.06. The van der Waals surface area contributed by atoms with E-state index in [9.17, 15) is 19.8 Å². The van der Waals surface area contributed by atoms with Gasteiger partial charge in [-0.05, 0) is 37.0 Å². The van der Waals surface area contributed by atoms with E-state index in [-0.39, 0.29) is 16.9 Å². The molecule has 1 aliphatic rings. The van der Waals surface area contributed by atoms with Crippen molar-refractivity contribution < 1.29 is 14.1 Å². The number of non-ortho nitro benzene ring substituents is 1. The van der Waals surface area contributed by atoms with E-state index in [2.05, 4.69) is 16.3 Å². The zero-order chi connectivity index (χ0) is 18.3. The van der Waals surface area contributed by atoms with Crippen LogP contribution in [0, 0.1) is 33.2 Å². The minimum Gasteiger partial charge on any atom is -0.492 e. The van der Waals surface area contributed by atoms with Gasteiger partial charge in [-0.3, -0.25) is 15.2 Å². The second kappa shape index (κ2) is 6.11. The second-order valence-corrected chi connectivity index (χ2v) is 6.25. The molecule has 0 radical (unpaired) electrons. The number of hydrogen-bond donors (Lipinski definition) is 1. The van der Waals surface area contributed by atoms with Gasteiger partial charge in [0.05, 0.1) is 22.6 Å². The molecule has 26 heavy (non-hydrogen) atoms. The lowest BCUT2D eigenvalue weighted by Gasteiger charge is -2.08. The summed E-state index contributed by atoms with van der Waals surface area (Å²) in [4.78, 5) is 10.4. The topological polar surface area (TPSA) is 105 Å². The molecule has 1 N–H and O–H groups in total. The first kappa shape index (κ1) is 16.0. The number of fused-ring (bicyclic) bond motifs is 1. The van der Waals surface area contributed by atoms with Crippen molar-refractivity contribution in [2.75, 3.05) is 6.61 Å². The number of benzene rings is 2. The lowest BCUT2D eigenvalue weighted by Crippen LogP contribution is -2.00. The summed E-state index contributed by atoms with van der Waals surface area (Å²) in [6, 6.07) is 8.59. The predicted octanol–water partition coefficient (Wildman–Crippen LogP) is 3.94. The van der Waals surface area contributed by atoms with Crippen LogP contribution in [0.5, 0.6) is 5.75 Å². The molecule has 0 saturated heterocycles. The molecular weight excluding hydrogens is 339 g/mol. The van der Waals surface area contributed by atoms with Crippen LogP contribution in [0.2, 0.25) is 0 Å². The summed E-state index contributed by atoms with van der Waals surface area (Å²) in [6.45, 7) is 0.526. The molecule has 1 fully saturated rings. The monoisotopic (exact) mass is 352 g/mol. The Balaban J connectivity index is 1.83. The van der Waals surface area contributed by atoms with Gasteiger partial charge >= 0.3 is 0 Å². The molecule has 4 rings (SSSR count). The minimum atomic E-state index is -0.617. The molecule has 1 saturated carbocycles. The molecule has 0 amide bonds. The quantitative estimate of drug-likeness (QED) is 0.553. The van der Waals surface area contributed by atoms with Gasteiger partial charge < -0.3 is 4.74 Å². The van der Waals surface area contributed by atoms with Crippen molar-refractivity contribution in [3.8, 4) is 23.1 Å². The first-order valence-electron chi connectivity index (χ1n) is 8.06. The number of rotatable bonds is 5. The van der Waals surface area contributed by atoms with Gasteiger partial charge in [0.15, 0.2) is 0 Å². The van der Waals surface area contributed by atoms with Crippen LogP contribution >= 0.6 is 0 Å². The standard InChI is InChI=1S/C18H13FN4O3/c19-15-4-3-12(23(24)25)6-13(15)18-14-7-17(26-9-10-1-2-10)11(8-20)5-16(14)21-22-18/h3-7,10H,1-2,9H2,(H,21,22). The molecule has 1 heterocycles. The Morgan fingerprint density at radius 1 is 1.38 bits per heavy atom. The molecule has 7 nitrogen and oxygen atoms in total. The van der Waals surface area contributed by atoms with Gasteiger partial charge in [-0.1, -0.05) is 0 Å². The average molecular weight is 352 g/mol. The van der Waals surface area contributed by atoms with E-state index >= 15 is 0 Å². The number of H-pyrrole nitrogens is 1. The second-order valence-electron chi connectivity index (χ2n) is 6.25. The lowest BCUT2D eigenvalue weighted by molar-refractivity contribution is -0.384. The van der Waals surface area contributed by atoms with Gasteiger partial charge in [-0.25, -0.2) is 4.39 Å². The Bertz CT molecular complexity index is 1070. The molecule has 0 spiro atoms. The minimum absolute atomic E-state index is 0.0169. The van der Waals surface area contributed by atoms with E-state index in [4.69, 9.17) is 4.74 Å². The average Bonchev–Trinajstić information content (AvgIpc) is 3.38. The molecule has 8 heteroatoms. The number of nitro groups is 1. The van der Waals surface area contributed by atoms with Gasteiger partial charge in [-0.15, -0.1) is 0 Å². The molecule has 0 atom stereocenters. The maximum Gasteiger partial charge on any atom is 0.270 e. The summed E-state index contributed by atoms with van der Waals surface area (Å²) in [5.41, 5.74) is 0.913. The number of hydrogen-bond acceptors (Lipinski definition) is 5. The molecule has 0 aliphatic heterocycles. The summed E-state index contributed by atoms with van der Waals surface area (Å²) in [5.74, 6) is 0.296. The predicted molar refractivity (Wildman–Crippen MR) is 91.1 cm³/mol. The zero-order valence-electron chi connectivity index (χ0n) is 13.5. The fourth-order valence-electron chi connectivity index (χ4n) is 2.76. The maximum absolute atomic E-state index is 14.3. The van der Waals surface area contributed by atoms with Crippen molar-refractivity contribution in [2.24, 2.45) is 5.92 Å². The highest BCUT2D eigenvalue weighted by Gasteiger charge is 2.23. The molecule has 3 aromatic rings. The van der Waals surface area contributed by atoms with E-state index < -0.39 is 10.7 Å². The van der Waals surface area contributed by atoms with Crippen molar-refractivity contribution in [3.63, 3.8) is 0 Å². The molecule has 1 aliphatic carbocycles. The van der Waals surface area contributed by atoms with Crippen LogP contribution in [0.4, 0.5) is 10.1 Å².